The van der Waals surface area contributed by atoms with Gasteiger partial charge in [0.2, 0.25) is 0 Å². The molecule has 0 aliphatic carbocycles. The van der Waals surface area contributed by atoms with Crippen molar-refractivity contribution in [1.29, 1.82) is 0 Å². The molecule has 0 fully saturated rings. The predicted molar refractivity (Wildman–Crippen MR) is 99.9 cm³/mol. The monoisotopic (exact) mass is 373 g/mol. The zero-order valence-electron chi connectivity index (χ0n) is 13.4. The summed E-state index contributed by atoms with van der Waals surface area (Å²) < 4.78 is 2.70. The van der Waals surface area contributed by atoms with Crippen molar-refractivity contribution in [3.63, 3.8) is 0 Å². The first kappa shape index (κ1) is 17.4. The molecule has 0 aliphatic heterocycles. The minimum absolute atomic E-state index is 0.0324. The number of carbonyl (C=O) groups excluding carboxylic acids is 1. The second kappa shape index (κ2) is 7.62. The number of thiazole rings is 1. The summed E-state index contributed by atoms with van der Waals surface area (Å²) in [6.45, 7) is 2.51. The number of rotatable bonds is 5. The van der Waals surface area contributed by atoms with Gasteiger partial charge in [-0.25, -0.2) is 0 Å². The number of aryl methyl sites for hydroxylation is 1. The van der Waals surface area contributed by atoms with Crippen LogP contribution in [0, 0.1) is 10.1 Å². The van der Waals surface area contributed by atoms with Gasteiger partial charge in [-0.2, -0.15) is 4.99 Å². The summed E-state index contributed by atoms with van der Waals surface area (Å²) in [5.41, 5.74) is 0.758. The topological polar surface area (TPSA) is 77.5 Å². The van der Waals surface area contributed by atoms with Crippen LogP contribution in [0.3, 0.4) is 0 Å². The lowest BCUT2D eigenvalue weighted by atomic mass is 10.3. The van der Waals surface area contributed by atoms with E-state index in [0.717, 1.165) is 15.1 Å². The highest BCUT2D eigenvalue weighted by Crippen LogP contribution is 2.23. The Morgan fingerprint density at radius 3 is 2.72 bits per heavy atom. The Kier molecular flexibility index (Phi) is 5.30. The predicted octanol–water partition coefficient (Wildman–Crippen LogP) is 3.85. The largest absolute Gasteiger partial charge is 0.316 e. The fourth-order valence-electron chi connectivity index (χ4n) is 2.36. The molecule has 0 bridgehead atoms. The number of hydrogen-bond donors (Lipinski definition) is 0. The summed E-state index contributed by atoms with van der Waals surface area (Å²) in [5, 5.41) is 11.0. The maximum atomic E-state index is 12.2. The van der Waals surface area contributed by atoms with E-state index in [2.05, 4.69) is 4.99 Å². The molecule has 1 aromatic heterocycles. The van der Waals surface area contributed by atoms with Gasteiger partial charge in [0.15, 0.2) is 4.80 Å². The highest BCUT2D eigenvalue weighted by Gasteiger charge is 2.12. The molecule has 0 radical (unpaired) electrons. The van der Waals surface area contributed by atoms with Gasteiger partial charge in [0.1, 0.15) is 0 Å². The Balaban J connectivity index is 1.90. The third-order valence-electron chi connectivity index (χ3n) is 3.52. The molecule has 0 spiro atoms. The normalized spacial score (nSPS) is 11.8. The van der Waals surface area contributed by atoms with Gasteiger partial charge in [-0.1, -0.05) is 29.5 Å². The molecule has 0 aliphatic rings. The summed E-state index contributed by atoms with van der Waals surface area (Å²) in [5.74, 6) is 0.0272. The first-order valence-electron chi connectivity index (χ1n) is 7.61. The second-order valence-corrected chi connectivity index (χ2v) is 7.20. The quantitative estimate of drug-likeness (QED) is 0.387. The molecule has 128 valence electrons. The molecule has 25 heavy (non-hydrogen) atoms. The van der Waals surface area contributed by atoms with Gasteiger partial charge in [0.25, 0.3) is 11.6 Å². The molecule has 2 aromatic carbocycles. The maximum absolute atomic E-state index is 12.2. The lowest BCUT2D eigenvalue weighted by Gasteiger charge is -2.00. The van der Waals surface area contributed by atoms with Gasteiger partial charge in [-0.15, -0.1) is 11.8 Å². The summed E-state index contributed by atoms with van der Waals surface area (Å²) >= 11 is 2.80. The first-order valence-corrected chi connectivity index (χ1v) is 9.42. The van der Waals surface area contributed by atoms with Crippen LogP contribution in [0.25, 0.3) is 10.2 Å². The minimum Gasteiger partial charge on any atom is -0.316 e. The van der Waals surface area contributed by atoms with Gasteiger partial charge in [0.05, 0.1) is 20.9 Å². The molecule has 3 aromatic rings. The van der Waals surface area contributed by atoms with Crippen molar-refractivity contribution in [3.8, 4) is 0 Å². The van der Waals surface area contributed by atoms with E-state index in [-0.39, 0.29) is 17.3 Å². The van der Waals surface area contributed by atoms with Crippen molar-refractivity contribution < 1.29 is 9.72 Å². The van der Waals surface area contributed by atoms with E-state index < -0.39 is 4.92 Å². The van der Waals surface area contributed by atoms with Crippen LogP contribution in [0.5, 0.6) is 0 Å². The Morgan fingerprint density at radius 2 is 2.04 bits per heavy atom. The van der Waals surface area contributed by atoms with Crippen LogP contribution in [0.4, 0.5) is 5.69 Å². The molecule has 0 saturated carbocycles. The van der Waals surface area contributed by atoms with Crippen molar-refractivity contribution in [1.82, 2.24) is 4.57 Å². The van der Waals surface area contributed by atoms with Crippen LogP contribution in [-0.4, -0.2) is 21.2 Å². The Bertz CT molecular complexity index is 993. The molecule has 8 heteroatoms. The summed E-state index contributed by atoms with van der Waals surface area (Å²) in [7, 11) is 0. The SMILES string of the molecule is CCn1c(=NC(=O)CSc2ccccc2)sc2ccc([N+](=O)[O-])cc21. The molecule has 0 unspecified atom stereocenters. The van der Waals surface area contributed by atoms with Gasteiger partial charge >= 0.3 is 0 Å². The highest BCUT2D eigenvalue weighted by molar-refractivity contribution is 8.00. The van der Waals surface area contributed by atoms with Crippen LogP contribution >= 0.6 is 23.1 Å². The average Bonchev–Trinajstić information content (AvgIpc) is 2.96. The molecule has 0 saturated heterocycles. The van der Waals surface area contributed by atoms with Crippen LogP contribution < -0.4 is 4.80 Å². The van der Waals surface area contributed by atoms with Gasteiger partial charge in [-0.05, 0) is 25.1 Å². The molecule has 3 rings (SSSR count). The van der Waals surface area contributed by atoms with E-state index in [4.69, 9.17) is 0 Å². The van der Waals surface area contributed by atoms with Crippen LogP contribution in [0.15, 0.2) is 58.4 Å². The average molecular weight is 373 g/mol. The summed E-state index contributed by atoms with van der Waals surface area (Å²) in [6, 6.07) is 14.4. The van der Waals surface area contributed by atoms with E-state index in [9.17, 15) is 14.9 Å². The number of non-ortho nitro benzene ring substituents is 1. The number of thioether (sulfide) groups is 1. The lowest BCUT2D eigenvalue weighted by Crippen LogP contribution is -2.16. The minimum atomic E-state index is -0.421. The zero-order valence-corrected chi connectivity index (χ0v) is 15.0. The second-order valence-electron chi connectivity index (χ2n) is 5.15. The van der Waals surface area contributed by atoms with Crippen molar-refractivity contribution in [2.75, 3.05) is 5.75 Å². The highest BCUT2D eigenvalue weighted by atomic mass is 32.2. The molecule has 0 N–H and O–H groups in total. The van der Waals surface area contributed by atoms with Gasteiger partial charge < -0.3 is 4.57 Å². The van der Waals surface area contributed by atoms with E-state index in [0.29, 0.717) is 11.3 Å². The maximum Gasteiger partial charge on any atom is 0.271 e. The number of benzene rings is 2. The number of hydrogen-bond acceptors (Lipinski definition) is 5. The standard InChI is InChI=1S/C17H15N3O3S2/c1-2-19-14-10-12(20(22)23)8-9-15(14)25-17(19)18-16(21)11-24-13-6-4-3-5-7-13/h3-10H,2,11H2,1H3. The molecule has 0 atom stereocenters. The summed E-state index contributed by atoms with van der Waals surface area (Å²) in [6.07, 6.45) is 0. The van der Waals surface area contributed by atoms with Gasteiger partial charge in [0, 0.05) is 23.6 Å². The fourth-order valence-corrected chi connectivity index (χ4v) is 4.16. The Hall–Kier alpha value is -2.45. The van der Waals surface area contributed by atoms with Crippen LogP contribution in [-0.2, 0) is 11.3 Å². The third-order valence-corrected chi connectivity index (χ3v) is 5.57. The lowest BCUT2D eigenvalue weighted by molar-refractivity contribution is -0.384. The number of aromatic nitrogens is 1. The molecular formula is C17H15N3O3S2. The number of fused-ring (bicyclic) bond motifs is 1. The van der Waals surface area contributed by atoms with Crippen molar-refractivity contribution >= 4 is 44.9 Å². The zero-order chi connectivity index (χ0) is 17.8. The molecule has 1 amide bonds. The van der Waals surface area contributed by atoms with Gasteiger partial charge in [-0.3, -0.25) is 14.9 Å². The smallest absolute Gasteiger partial charge is 0.271 e. The van der Waals surface area contributed by atoms with E-state index in [1.807, 2.05) is 41.8 Å². The number of amides is 1. The van der Waals surface area contributed by atoms with Crippen molar-refractivity contribution in [2.24, 2.45) is 4.99 Å². The first-order chi connectivity index (χ1) is 12.1. The van der Waals surface area contributed by atoms with Crippen LogP contribution in [0.1, 0.15) is 6.92 Å². The number of nitrogens with zero attached hydrogens (tertiary/aromatic N) is 3. The third kappa shape index (κ3) is 3.97. The molecule has 6 nitrogen and oxygen atoms in total. The fraction of sp³-hybridized carbons (Fsp3) is 0.176. The van der Waals surface area contributed by atoms with E-state index in [1.54, 1.807) is 6.07 Å². The molecular weight excluding hydrogens is 358 g/mol. The van der Waals surface area contributed by atoms with E-state index in [1.165, 1.54) is 35.2 Å². The van der Waals surface area contributed by atoms with Crippen molar-refractivity contribution in [3.05, 3.63) is 63.4 Å². The number of nitro groups is 1. The van der Waals surface area contributed by atoms with Crippen molar-refractivity contribution in [2.45, 2.75) is 18.4 Å². The van der Waals surface area contributed by atoms with Crippen LogP contribution in [0.2, 0.25) is 0 Å². The Labute approximate surface area is 152 Å². The Morgan fingerprint density at radius 1 is 1.28 bits per heavy atom. The molecule has 1 heterocycles. The number of nitro benzene ring substituents is 1. The van der Waals surface area contributed by atoms with E-state index >= 15 is 0 Å². The number of carbonyl (C=O) groups is 1. The summed E-state index contributed by atoms with van der Waals surface area (Å²) in [4.78, 5) is 28.5.